The van der Waals surface area contributed by atoms with E-state index in [9.17, 15) is 14.0 Å². The van der Waals surface area contributed by atoms with E-state index in [1.165, 1.54) is 12.1 Å². The minimum absolute atomic E-state index is 0.0566. The van der Waals surface area contributed by atoms with Crippen LogP contribution in [0.1, 0.15) is 11.1 Å². The predicted molar refractivity (Wildman–Crippen MR) is 54.4 cm³/mol. The molecular weight excluding hydrogens is 215 g/mol. The van der Waals surface area contributed by atoms with E-state index in [0.29, 0.717) is 5.56 Å². The first-order valence-corrected chi connectivity index (χ1v) is 4.40. The first-order valence-electron chi connectivity index (χ1n) is 4.40. The summed E-state index contributed by atoms with van der Waals surface area (Å²) in [7, 11) is 0. The molecule has 0 aromatic heterocycles. The number of rotatable bonds is 4. The van der Waals surface area contributed by atoms with Crippen LogP contribution in [-0.2, 0) is 16.0 Å². The van der Waals surface area contributed by atoms with Crippen molar-refractivity contribution in [3.05, 3.63) is 41.2 Å². The van der Waals surface area contributed by atoms with Gasteiger partial charge in [-0.15, -0.1) is 0 Å². The number of carboxylic acid groups (broad SMARTS) is 2. The molecule has 0 unspecified atom stereocenters. The molecule has 0 heterocycles. The van der Waals surface area contributed by atoms with Crippen molar-refractivity contribution in [1.29, 1.82) is 0 Å². The minimum Gasteiger partial charge on any atom is -0.481 e. The highest BCUT2D eigenvalue weighted by atomic mass is 19.1. The fourth-order valence-electron chi connectivity index (χ4n) is 1.17. The van der Waals surface area contributed by atoms with Crippen molar-refractivity contribution < 1.29 is 24.2 Å². The first kappa shape index (κ1) is 11.9. The molecule has 0 aliphatic carbocycles. The molecule has 2 N–H and O–H groups in total. The number of hydrogen-bond donors (Lipinski definition) is 2. The summed E-state index contributed by atoms with van der Waals surface area (Å²) in [5.41, 5.74) is 0.472. The molecule has 0 saturated heterocycles. The summed E-state index contributed by atoms with van der Waals surface area (Å²) in [4.78, 5) is 20.7. The highest BCUT2D eigenvalue weighted by Crippen LogP contribution is 2.13. The second kappa shape index (κ2) is 5.06. The van der Waals surface area contributed by atoms with Crippen LogP contribution in [0.5, 0.6) is 0 Å². The largest absolute Gasteiger partial charge is 0.481 e. The highest BCUT2D eigenvalue weighted by Gasteiger charge is 2.04. The molecule has 0 aliphatic heterocycles. The standard InChI is InChI=1S/C11H9FO4/c12-9-3-1-7(6-11(15)16)5-8(9)2-4-10(13)14/h1-5H,6H2,(H,13,14)(H,15,16). The summed E-state index contributed by atoms with van der Waals surface area (Å²) in [6.07, 6.45) is 1.65. The predicted octanol–water partition coefficient (Wildman–Crippen LogP) is 1.55. The van der Waals surface area contributed by atoms with Crippen molar-refractivity contribution in [2.24, 2.45) is 0 Å². The quantitative estimate of drug-likeness (QED) is 0.761. The third kappa shape index (κ3) is 3.53. The Morgan fingerprint density at radius 1 is 1.31 bits per heavy atom. The van der Waals surface area contributed by atoms with Crippen LogP contribution in [0.25, 0.3) is 6.08 Å². The van der Waals surface area contributed by atoms with Gasteiger partial charge >= 0.3 is 11.9 Å². The Labute approximate surface area is 90.6 Å². The maximum atomic E-state index is 13.2. The van der Waals surface area contributed by atoms with Gasteiger partial charge in [0.1, 0.15) is 5.82 Å². The van der Waals surface area contributed by atoms with Gasteiger partial charge < -0.3 is 10.2 Å². The molecule has 0 amide bonds. The normalized spacial score (nSPS) is 10.6. The summed E-state index contributed by atoms with van der Waals surface area (Å²) in [5.74, 6) is -2.81. The Hall–Kier alpha value is -2.17. The van der Waals surface area contributed by atoms with Gasteiger partial charge in [-0.1, -0.05) is 6.07 Å². The lowest BCUT2D eigenvalue weighted by Crippen LogP contribution is -2.00. The molecule has 0 atom stereocenters. The number of halogens is 1. The zero-order valence-corrected chi connectivity index (χ0v) is 8.18. The molecule has 1 aromatic carbocycles. The molecule has 0 bridgehead atoms. The van der Waals surface area contributed by atoms with Crippen molar-refractivity contribution in [1.82, 2.24) is 0 Å². The summed E-state index contributed by atoms with van der Waals surface area (Å²) >= 11 is 0. The van der Waals surface area contributed by atoms with Gasteiger partial charge in [0.2, 0.25) is 0 Å². The van der Waals surface area contributed by atoms with Gasteiger partial charge in [0, 0.05) is 11.6 Å². The van der Waals surface area contributed by atoms with Crippen LogP contribution in [0.15, 0.2) is 24.3 Å². The number of carboxylic acids is 2. The van der Waals surface area contributed by atoms with Gasteiger partial charge in [-0.25, -0.2) is 9.18 Å². The van der Waals surface area contributed by atoms with E-state index in [1.54, 1.807) is 0 Å². The van der Waals surface area contributed by atoms with Gasteiger partial charge in [0.25, 0.3) is 0 Å². The zero-order valence-electron chi connectivity index (χ0n) is 8.18. The van der Waals surface area contributed by atoms with Crippen molar-refractivity contribution in [3.8, 4) is 0 Å². The molecule has 1 aromatic rings. The molecule has 0 fully saturated rings. The molecule has 1 rings (SSSR count). The molecule has 16 heavy (non-hydrogen) atoms. The topological polar surface area (TPSA) is 74.6 Å². The number of aliphatic carboxylic acids is 2. The maximum Gasteiger partial charge on any atom is 0.328 e. The fraction of sp³-hybridized carbons (Fsp3) is 0.0909. The lowest BCUT2D eigenvalue weighted by Gasteiger charge is -2.00. The van der Waals surface area contributed by atoms with E-state index in [4.69, 9.17) is 10.2 Å². The smallest absolute Gasteiger partial charge is 0.328 e. The van der Waals surface area contributed by atoms with Crippen LogP contribution in [0, 0.1) is 5.82 Å². The second-order valence-electron chi connectivity index (χ2n) is 3.10. The van der Waals surface area contributed by atoms with Gasteiger partial charge in [0.05, 0.1) is 6.42 Å². The van der Waals surface area contributed by atoms with E-state index < -0.39 is 17.8 Å². The SMILES string of the molecule is O=C(O)C=Cc1cc(CC(=O)O)ccc1F. The van der Waals surface area contributed by atoms with Crippen LogP contribution < -0.4 is 0 Å². The van der Waals surface area contributed by atoms with Gasteiger partial charge in [0.15, 0.2) is 0 Å². The van der Waals surface area contributed by atoms with Crippen molar-refractivity contribution in [2.75, 3.05) is 0 Å². The highest BCUT2D eigenvalue weighted by molar-refractivity contribution is 5.85. The van der Waals surface area contributed by atoms with Crippen molar-refractivity contribution in [3.63, 3.8) is 0 Å². The lowest BCUT2D eigenvalue weighted by molar-refractivity contribution is -0.136. The van der Waals surface area contributed by atoms with Gasteiger partial charge in [-0.2, -0.15) is 0 Å². The zero-order chi connectivity index (χ0) is 12.1. The molecular formula is C11H9FO4. The monoisotopic (exact) mass is 224 g/mol. The summed E-state index contributed by atoms with van der Waals surface area (Å²) in [6.45, 7) is 0. The van der Waals surface area contributed by atoms with E-state index in [2.05, 4.69) is 0 Å². The Kier molecular flexibility index (Phi) is 3.77. The summed E-state index contributed by atoms with van der Waals surface area (Å²) < 4.78 is 13.2. The van der Waals surface area contributed by atoms with Crippen molar-refractivity contribution in [2.45, 2.75) is 6.42 Å². The molecule has 0 radical (unpaired) electrons. The van der Waals surface area contributed by atoms with Crippen LogP contribution >= 0.6 is 0 Å². The van der Waals surface area contributed by atoms with Crippen LogP contribution in [-0.4, -0.2) is 22.2 Å². The molecule has 0 aliphatic rings. The third-order valence-electron chi connectivity index (χ3n) is 1.82. The van der Waals surface area contributed by atoms with E-state index in [-0.39, 0.29) is 12.0 Å². The van der Waals surface area contributed by atoms with Crippen molar-refractivity contribution >= 4 is 18.0 Å². The van der Waals surface area contributed by atoms with E-state index >= 15 is 0 Å². The summed E-state index contributed by atoms with van der Waals surface area (Å²) in [6, 6.07) is 3.77. The molecule has 0 saturated carbocycles. The minimum atomic E-state index is -1.19. The van der Waals surface area contributed by atoms with Gasteiger partial charge in [-0.3, -0.25) is 4.79 Å². The Morgan fingerprint density at radius 2 is 2.00 bits per heavy atom. The second-order valence-corrected chi connectivity index (χ2v) is 3.10. The molecule has 84 valence electrons. The third-order valence-corrected chi connectivity index (χ3v) is 1.82. The summed E-state index contributed by atoms with van der Waals surface area (Å²) in [5, 5.41) is 16.9. The number of benzene rings is 1. The average molecular weight is 224 g/mol. The average Bonchev–Trinajstić information content (AvgIpc) is 2.18. The lowest BCUT2D eigenvalue weighted by atomic mass is 10.1. The first-order chi connectivity index (χ1) is 7.49. The molecule has 4 nitrogen and oxygen atoms in total. The van der Waals surface area contributed by atoms with Crippen LogP contribution in [0.4, 0.5) is 4.39 Å². The molecule has 5 heteroatoms. The van der Waals surface area contributed by atoms with Crippen LogP contribution in [0.3, 0.4) is 0 Å². The van der Waals surface area contributed by atoms with E-state index in [1.807, 2.05) is 0 Å². The number of carbonyl (C=O) groups is 2. The Morgan fingerprint density at radius 3 is 2.56 bits per heavy atom. The van der Waals surface area contributed by atoms with E-state index in [0.717, 1.165) is 18.2 Å². The van der Waals surface area contributed by atoms with Gasteiger partial charge in [-0.05, 0) is 23.8 Å². The molecule has 0 spiro atoms. The Balaban J connectivity index is 2.99. The maximum absolute atomic E-state index is 13.2. The Bertz CT molecular complexity index is 451. The fourth-order valence-corrected chi connectivity index (χ4v) is 1.17. The van der Waals surface area contributed by atoms with Crippen LogP contribution in [0.2, 0.25) is 0 Å². The number of hydrogen-bond acceptors (Lipinski definition) is 2.